The number of ether oxygens (including phenoxy) is 1. The standard InChI is InChI=1S/C24H30ClNO3/c1-5-6-7-12-29-23(28)20-15(2)26-18-13-24(3,4)14-19(27)22(18)21(20)16-8-10-17(25)11-9-16/h8-11,21,26H,5-7,12-14H2,1-4H3/t21-/m0/s1. The van der Waals surface area contributed by atoms with Crippen LogP contribution in [0.5, 0.6) is 0 Å². The summed E-state index contributed by atoms with van der Waals surface area (Å²) in [5.74, 6) is -0.687. The van der Waals surface area contributed by atoms with Crippen molar-refractivity contribution < 1.29 is 14.3 Å². The lowest BCUT2D eigenvalue weighted by Gasteiger charge is -2.39. The summed E-state index contributed by atoms with van der Waals surface area (Å²) in [4.78, 5) is 26.2. The molecule has 1 aliphatic carbocycles. The lowest BCUT2D eigenvalue weighted by atomic mass is 9.68. The van der Waals surface area contributed by atoms with Crippen molar-refractivity contribution in [3.05, 3.63) is 57.4 Å². The van der Waals surface area contributed by atoms with Gasteiger partial charge in [-0.15, -0.1) is 0 Å². The third kappa shape index (κ3) is 4.75. The lowest BCUT2D eigenvalue weighted by molar-refractivity contribution is -0.139. The molecule has 0 bridgehead atoms. The molecule has 0 aromatic heterocycles. The molecule has 0 saturated carbocycles. The average Bonchev–Trinajstić information content (AvgIpc) is 2.63. The number of hydrogen-bond acceptors (Lipinski definition) is 4. The Hall–Kier alpha value is -2.07. The highest BCUT2D eigenvalue weighted by molar-refractivity contribution is 6.30. The van der Waals surface area contributed by atoms with Crippen molar-refractivity contribution in [2.75, 3.05) is 6.61 Å². The number of rotatable bonds is 6. The maximum atomic E-state index is 13.2. The van der Waals surface area contributed by atoms with Gasteiger partial charge in [-0.2, -0.15) is 0 Å². The minimum Gasteiger partial charge on any atom is -0.462 e. The first-order valence-corrected chi connectivity index (χ1v) is 10.8. The average molecular weight is 416 g/mol. The molecule has 2 aliphatic rings. The molecule has 1 aromatic rings. The summed E-state index contributed by atoms with van der Waals surface area (Å²) in [7, 11) is 0. The van der Waals surface area contributed by atoms with Crippen LogP contribution in [-0.4, -0.2) is 18.4 Å². The second-order valence-corrected chi connectivity index (χ2v) is 9.26. The molecule has 29 heavy (non-hydrogen) atoms. The fourth-order valence-corrected chi connectivity index (χ4v) is 4.42. The molecule has 1 aromatic carbocycles. The van der Waals surface area contributed by atoms with E-state index in [0.29, 0.717) is 29.2 Å². The van der Waals surface area contributed by atoms with Gasteiger partial charge in [0.25, 0.3) is 0 Å². The van der Waals surface area contributed by atoms with Gasteiger partial charge < -0.3 is 10.1 Å². The van der Waals surface area contributed by atoms with Gasteiger partial charge in [-0.05, 0) is 42.9 Å². The predicted octanol–water partition coefficient (Wildman–Crippen LogP) is 5.68. The molecular weight excluding hydrogens is 386 g/mol. The molecule has 1 N–H and O–H groups in total. The van der Waals surface area contributed by atoms with Crippen LogP contribution >= 0.6 is 11.6 Å². The van der Waals surface area contributed by atoms with E-state index in [0.717, 1.165) is 42.6 Å². The van der Waals surface area contributed by atoms with E-state index in [1.165, 1.54) is 0 Å². The Labute approximate surface area is 178 Å². The van der Waals surface area contributed by atoms with Gasteiger partial charge in [0.1, 0.15) is 0 Å². The number of esters is 1. The molecule has 156 valence electrons. The number of dihydropyridines is 1. The van der Waals surface area contributed by atoms with Crippen LogP contribution in [-0.2, 0) is 14.3 Å². The van der Waals surface area contributed by atoms with E-state index in [9.17, 15) is 9.59 Å². The zero-order chi connectivity index (χ0) is 21.2. The number of unbranched alkanes of at least 4 members (excludes halogenated alkanes) is 2. The van der Waals surface area contributed by atoms with Gasteiger partial charge in [0, 0.05) is 34.3 Å². The topological polar surface area (TPSA) is 55.4 Å². The highest BCUT2D eigenvalue weighted by Crippen LogP contribution is 2.46. The summed E-state index contributed by atoms with van der Waals surface area (Å²) in [5.41, 5.74) is 3.68. The maximum Gasteiger partial charge on any atom is 0.336 e. The predicted molar refractivity (Wildman–Crippen MR) is 116 cm³/mol. The summed E-state index contributed by atoms with van der Waals surface area (Å²) in [6, 6.07) is 7.40. The number of nitrogens with one attached hydrogen (secondary N) is 1. The molecule has 0 spiro atoms. The Bertz CT molecular complexity index is 865. The van der Waals surface area contributed by atoms with Gasteiger partial charge in [-0.1, -0.05) is 57.3 Å². The third-order valence-corrected chi connectivity index (χ3v) is 5.90. The zero-order valence-electron chi connectivity index (χ0n) is 17.7. The quantitative estimate of drug-likeness (QED) is 0.479. The fraction of sp³-hybridized carbons (Fsp3) is 0.500. The second-order valence-electron chi connectivity index (χ2n) is 8.82. The number of carbonyl (C=O) groups is 2. The first-order chi connectivity index (χ1) is 13.7. The Morgan fingerprint density at radius 2 is 1.90 bits per heavy atom. The number of allylic oxidation sites excluding steroid dienone is 3. The smallest absolute Gasteiger partial charge is 0.336 e. The largest absolute Gasteiger partial charge is 0.462 e. The Kier molecular flexibility index (Phi) is 6.52. The van der Waals surface area contributed by atoms with E-state index in [-0.39, 0.29) is 17.2 Å². The highest BCUT2D eigenvalue weighted by atomic mass is 35.5. The lowest BCUT2D eigenvalue weighted by Crippen LogP contribution is -2.38. The number of Topliss-reactive ketones (excluding diaryl/α,β-unsaturated/α-hetero) is 1. The van der Waals surface area contributed by atoms with Crippen molar-refractivity contribution in [1.29, 1.82) is 0 Å². The molecule has 0 radical (unpaired) electrons. The molecular formula is C24H30ClNO3. The van der Waals surface area contributed by atoms with Gasteiger partial charge in [0.2, 0.25) is 0 Å². The van der Waals surface area contributed by atoms with Crippen molar-refractivity contribution >= 4 is 23.4 Å². The molecule has 0 unspecified atom stereocenters. The minimum absolute atomic E-state index is 0.0903. The SMILES string of the molecule is CCCCCOC(=O)C1=C(C)NC2=C(C(=O)CC(C)(C)C2)[C@H]1c1ccc(Cl)cc1. The van der Waals surface area contributed by atoms with Crippen molar-refractivity contribution in [3.63, 3.8) is 0 Å². The van der Waals surface area contributed by atoms with Crippen molar-refractivity contribution in [2.45, 2.75) is 65.7 Å². The van der Waals surface area contributed by atoms with Crippen LogP contribution in [0.2, 0.25) is 5.02 Å². The minimum atomic E-state index is -0.425. The first kappa shape index (κ1) is 21.6. The second kappa shape index (κ2) is 8.74. The number of hydrogen-bond donors (Lipinski definition) is 1. The summed E-state index contributed by atoms with van der Waals surface area (Å²) in [5, 5.41) is 3.98. The summed E-state index contributed by atoms with van der Waals surface area (Å²) >= 11 is 6.08. The first-order valence-electron chi connectivity index (χ1n) is 10.4. The van der Waals surface area contributed by atoms with Gasteiger partial charge in [0.15, 0.2) is 5.78 Å². The van der Waals surface area contributed by atoms with Gasteiger partial charge in [-0.25, -0.2) is 4.79 Å². The maximum absolute atomic E-state index is 13.2. The summed E-state index contributed by atoms with van der Waals surface area (Å²) < 4.78 is 5.59. The zero-order valence-corrected chi connectivity index (χ0v) is 18.5. The Morgan fingerprint density at radius 1 is 1.21 bits per heavy atom. The molecule has 1 atom stereocenters. The van der Waals surface area contributed by atoms with Crippen LogP contribution in [0.25, 0.3) is 0 Å². The van der Waals surface area contributed by atoms with Crippen molar-refractivity contribution in [3.8, 4) is 0 Å². The Morgan fingerprint density at radius 3 is 2.55 bits per heavy atom. The molecule has 1 heterocycles. The molecule has 5 heteroatoms. The highest BCUT2D eigenvalue weighted by Gasteiger charge is 2.43. The normalized spacial score (nSPS) is 21.0. The number of ketones is 1. The van der Waals surface area contributed by atoms with E-state index in [2.05, 4.69) is 26.1 Å². The molecule has 4 nitrogen and oxygen atoms in total. The van der Waals surface area contributed by atoms with Crippen LogP contribution in [0.3, 0.4) is 0 Å². The fourth-order valence-electron chi connectivity index (χ4n) is 4.29. The van der Waals surface area contributed by atoms with Crippen molar-refractivity contribution in [1.82, 2.24) is 5.32 Å². The summed E-state index contributed by atoms with van der Waals surface area (Å²) in [6.07, 6.45) is 4.17. The van der Waals surface area contributed by atoms with E-state index < -0.39 is 5.92 Å². The van der Waals surface area contributed by atoms with Crippen LogP contribution in [0.4, 0.5) is 0 Å². The molecule has 0 amide bonds. The number of halogens is 1. The van der Waals surface area contributed by atoms with E-state index in [1.807, 2.05) is 19.1 Å². The number of carbonyl (C=O) groups excluding carboxylic acids is 2. The monoisotopic (exact) mass is 415 g/mol. The Balaban J connectivity index is 2.01. The molecule has 0 fully saturated rings. The van der Waals surface area contributed by atoms with Gasteiger partial charge in [-0.3, -0.25) is 4.79 Å². The molecule has 1 aliphatic heterocycles. The van der Waals surface area contributed by atoms with Crippen molar-refractivity contribution in [2.24, 2.45) is 5.41 Å². The third-order valence-electron chi connectivity index (χ3n) is 5.64. The number of benzene rings is 1. The van der Waals surface area contributed by atoms with Gasteiger partial charge in [0.05, 0.1) is 12.2 Å². The van der Waals surface area contributed by atoms with Gasteiger partial charge >= 0.3 is 5.97 Å². The molecule has 0 saturated heterocycles. The van der Waals surface area contributed by atoms with E-state index in [1.54, 1.807) is 12.1 Å². The van der Waals surface area contributed by atoms with E-state index in [4.69, 9.17) is 16.3 Å². The van der Waals surface area contributed by atoms with Crippen LogP contribution < -0.4 is 5.32 Å². The van der Waals surface area contributed by atoms with Crippen LogP contribution in [0.1, 0.15) is 71.3 Å². The summed E-state index contributed by atoms with van der Waals surface area (Å²) in [6.45, 7) is 8.60. The molecule has 3 rings (SSSR count). The van der Waals surface area contributed by atoms with Crippen LogP contribution in [0, 0.1) is 5.41 Å². The van der Waals surface area contributed by atoms with Crippen LogP contribution in [0.15, 0.2) is 46.8 Å². The van der Waals surface area contributed by atoms with E-state index >= 15 is 0 Å².